The van der Waals surface area contributed by atoms with Crippen LogP contribution in [0.3, 0.4) is 0 Å². The molecule has 1 aromatic rings. The van der Waals surface area contributed by atoms with Gasteiger partial charge in [-0.3, -0.25) is 0 Å². The number of amides is 2. The molecular weight excluding hydrogens is 278 g/mol. The molecule has 1 rings (SSSR count). The van der Waals surface area contributed by atoms with Crippen LogP contribution in [0, 0.1) is 0 Å². The summed E-state index contributed by atoms with van der Waals surface area (Å²) in [6.45, 7) is 4.40. The maximum atomic E-state index is 11.9. The molecule has 5 nitrogen and oxygen atoms in total. The van der Waals surface area contributed by atoms with E-state index in [0.717, 1.165) is 24.9 Å². The Hall–Kier alpha value is -1.75. The fraction of sp³-hybridized carbons (Fsp3) is 0.588. The standard InChI is InChI=1S/C17H29N3O2/c1-5-11-17(2,13-21)19-16(22)18-12-10-14-6-8-15(9-7-14)20(3)4/h6-9,21H,5,10-13H2,1-4H3,(H2,18,19,22). The summed E-state index contributed by atoms with van der Waals surface area (Å²) < 4.78 is 0. The number of rotatable bonds is 8. The number of aliphatic hydroxyl groups is 1. The van der Waals surface area contributed by atoms with Crippen LogP contribution in [0.25, 0.3) is 0 Å². The number of hydrogen-bond acceptors (Lipinski definition) is 3. The number of carbonyl (C=O) groups is 1. The van der Waals surface area contributed by atoms with Crippen LogP contribution in [0.4, 0.5) is 10.5 Å². The van der Waals surface area contributed by atoms with E-state index in [-0.39, 0.29) is 12.6 Å². The van der Waals surface area contributed by atoms with Gasteiger partial charge in [-0.2, -0.15) is 0 Å². The van der Waals surface area contributed by atoms with Crippen molar-refractivity contribution in [3.05, 3.63) is 29.8 Å². The summed E-state index contributed by atoms with van der Waals surface area (Å²) in [5, 5.41) is 15.1. The second-order valence-electron chi connectivity index (χ2n) is 6.16. The van der Waals surface area contributed by atoms with Gasteiger partial charge in [0.25, 0.3) is 0 Å². The highest BCUT2D eigenvalue weighted by molar-refractivity contribution is 5.74. The van der Waals surface area contributed by atoms with Gasteiger partial charge in [0.15, 0.2) is 0 Å². The molecule has 0 fully saturated rings. The highest BCUT2D eigenvalue weighted by Gasteiger charge is 2.24. The minimum Gasteiger partial charge on any atom is -0.394 e. The van der Waals surface area contributed by atoms with E-state index in [1.165, 1.54) is 5.56 Å². The summed E-state index contributed by atoms with van der Waals surface area (Å²) in [5.74, 6) is 0. The molecule has 0 aliphatic rings. The van der Waals surface area contributed by atoms with Gasteiger partial charge in [0.05, 0.1) is 12.1 Å². The molecule has 1 unspecified atom stereocenters. The van der Waals surface area contributed by atoms with Crippen molar-refractivity contribution < 1.29 is 9.90 Å². The van der Waals surface area contributed by atoms with Crippen LogP contribution in [0.5, 0.6) is 0 Å². The van der Waals surface area contributed by atoms with Crippen LogP contribution in [-0.4, -0.2) is 43.9 Å². The number of urea groups is 1. The van der Waals surface area contributed by atoms with Crippen LogP contribution in [0.15, 0.2) is 24.3 Å². The zero-order valence-corrected chi connectivity index (χ0v) is 14.1. The first-order chi connectivity index (χ1) is 10.4. The largest absolute Gasteiger partial charge is 0.394 e. The number of nitrogens with zero attached hydrogens (tertiary/aromatic N) is 1. The molecule has 2 amide bonds. The van der Waals surface area contributed by atoms with Gasteiger partial charge in [-0.15, -0.1) is 0 Å². The van der Waals surface area contributed by atoms with Crippen molar-refractivity contribution in [1.29, 1.82) is 0 Å². The Kier molecular flexibility index (Phi) is 7.18. The van der Waals surface area contributed by atoms with Gasteiger partial charge < -0.3 is 20.6 Å². The molecule has 1 atom stereocenters. The summed E-state index contributed by atoms with van der Waals surface area (Å²) in [5.41, 5.74) is 1.80. The molecule has 0 aromatic heterocycles. The molecule has 124 valence electrons. The molecule has 3 N–H and O–H groups in total. The van der Waals surface area contributed by atoms with Gasteiger partial charge >= 0.3 is 6.03 Å². The lowest BCUT2D eigenvalue weighted by atomic mass is 9.98. The predicted octanol–water partition coefficient (Wildman–Crippen LogP) is 2.15. The summed E-state index contributed by atoms with van der Waals surface area (Å²) in [6.07, 6.45) is 2.45. The van der Waals surface area contributed by atoms with Gasteiger partial charge in [0, 0.05) is 26.3 Å². The fourth-order valence-electron chi connectivity index (χ4n) is 2.33. The van der Waals surface area contributed by atoms with Crippen LogP contribution in [0.1, 0.15) is 32.3 Å². The summed E-state index contributed by atoms with van der Waals surface area (Å²) in [4.78, 5) is 13.9. The summed E-state index contributed by atoms with van der Waals surface area (Å²) >= 11 is 0. The Labute approximate surface area is 133 Å². The normalized spacial score (nSPS) is 13.3. The average molecular weight is 307 g/mol. The Morgan fingerprint density at radius 3 is 2.41 bits per heavy atom. The molecule has 0 saturated heterocycles. The van der Waals surface area contributed by atoms with Gasteiger partial charge in [0.2, 0.25) is 0 Å². The zero-order valence-electron chi connectivity index (χ0n) is 14.1. The summed E-state index contributed by atoms with van der Waals surface area (Å²) in [6, 6.07) is 8.06. The molecule has 0 bridgehead atoms. The van der Waals surface area contributed by atoms with Crippen LogP contribution >= 0.6 is 0 Å². The Balaban J connectivity index is 2.38. The first-order valence-electron chi connectivity index (χ1n) is 7.83. The third-order valence-electron chi connectivity index (χ3n) is 3.72. The van der Waals surface area contributed by atoms with Crippen molar-refractivity contribution in [2.45, 2.75) is 38.6 Å². The number of nitrogens with one attached hydrogen (secondary N) is 2. The first-order valence-corrected chi connectivity index (χ1v) is 7.83. The van der Waals surface area contributed by atoms with Crippen molar-refractivity contribution in [2.24, 2.45) is 0 Å². The van der Waals surface area contributed by atoms with E-state index in [1.807, 2.05) is 27.9 Å². The smallest absolute Gasteiger partial charge is 0.315 e. The lowest BCUT2D eigenvalue weighted by molar-refractivity contribution is 0.163. The van der Waals surface area contributed by atoms with E-state index in [4.69, 9.17) is 0 Å². The average Bonchev–Trinajstić information content (AvgIpc) is 2.48. The minimum atomic E-state index is -0.549. The highest BCUT2D eigenvalue weighted by atomic mass is 16.3. The SMILES string of the molecule is CCCC(C)(CO)NC(=O)NCCc1ccc(N(C)C)cc1. The Bertz CT molecular complexity index is 459. The first kappa shape index (κ1) is 18.3. The van der Waals surface area contributed by atoms with Crippen LogP contribution in [-0.2, 0) is 6.42 Å². The molecule has 5 heteroatoms. The van der Waals surface area contributed by atoms with Crippen molar-refractivity contribution in [2.75, 3.05) is 32.1 Å². The molecule has 0 aliphatic carbocycles. The third-order valence-corrected chi connectivity index (χ3v) is 3.72. The zero-order chi connectivity index (χ0) is 16.6. The summed E-state index contributed by atoms with van der Waals surface area (Å²) in [7, 11) is 4.02. The van der Waals surface area contributed by atoms with E-state index >= 15 is 0 Å². The maximum absolute atomic E-state index is 11.9. The second kappa shape index (κ2) is 8.63. The molecule has 1 aromatic carbocycles. The number of benzene rings is 1. The third kappa shape index (κ3) is 5.93. The second-order valence-corrected chi connectivity index (χ2v) is 6.16. The van der Waals surface area contributed by atoms with Crippen molar-refractivity contribution in [3.8, 4) is 0 Å². The van der Waals surface area contributed by atoms with Gasteiger partial charge in [-0.05, 0) is 37.5 Å². The van der Waals surface area contributed by atoms with Gasteiger partial charge in [0.1, 0.15) is 0 Å². The van der Waals surface area contributed by atoms with E-state index in [0.29, 0.717) is 6.54 Å². The van der Waals surface area contributed by atoms with E-state index < -0.39 is 5.54 Å². The predicted molar refractivity (Wildman–Crippen MR) is 91.4 cm³/mol. The van der Waals surface area contributed by atoms with E-state index in [9.17, 15) is 9.90 Å². The molecule has 0 spiro atoms. The molecular formula is C17H29N3O2. The number of anilines is 1. The van der Waals surface area contributed by atoms with Crippen molar-refractivity contribution in [1.82, 2.24) is 10.6 Å². The number of hydrogen-bond donors (Lipinski definition) is 3. The lowest BCUT2D eigenvalue weighted by Gasteiger charge is -2.28. The van der Waals surface area contributed by atoms with Crippen LogP contribution in [0.2, 0.25) is 0 Å². The Morgan fingerprint density at radius 1 is 1.27 bits per heavy atom. The monoisotopic (exact) mass is 307 g/mol. The highest BCUT2D eigenvalue weighted by Crippen LogP contribution is 2.12. The fourth-order valence-corrected chi connectivity index (χ4v) is 2.33. The topological polar surface area (TPSA) is 64.6 Å². The quantitative estimate of drug-likeness (QED) is 0.689. The maximum Gasteiger partial charge on any atom is 0.315 e. The minimum absolute atomic E-state index is 0.0553. The van der Waals surface area contributed by atoms with Crippen molar-refractivity contribution in [3.63, 3.8) is 0 Å². The van der Waals surface area contributed by atoms with Gasteiger partial charge in [-0.1, -0.05) is 25.5 Å². The van der Waals surface area contributed by atoms with Crippen molar-refractivity contribution >= 4 is 11.7 Å². The number of carbonyl (C=O) groups excluding carboxylic acids is 1. The molecule has 0 radical (unpaired) electrons. The molecule has 22 heavy (non-hydrogen) atoms. The van der Waals surface area contributed by atoms with E-state index in [1.54, 1.807) is 0 Å². The van der Waals surface area contributed by atoms with E-state index in [2.05, 4.69) is 39.8 Å². The molecule has 0 aliphatic heterocycles. The Morgan fingerprint density at radius 2 is 1.91 bits per heavy atom. The van der Waals surface area contributed by atoms with Gasteiger partial charge in [-0.25, -0.2) is 4.79 Å². The molecule has 0 heterocycles. The lowest BCUT2D eigenvalue weighted by Crippen LogP contribution is -2.52. The van der Waals surface area contributed by atoms with Crippen LogP contribution < -0.4 is 15.5 Å². The number of aliphatic hydroxyl groups excluding tert-OH is 1. The molecule has 0 saturated carbocycles.